The van der Waals surface area contributed by atoms with Crippen molar-refractivity contribution in [2.24, 2.45) is 5.10 Å². The summed E-state index contributed by atoms with van der Waals surface area (Å²) in [4.78, 5) is 24.2. The quantitative estimate of drug-likeness (QED) is 0.765. The third kappa shape index (κ3) is 4.16. The van der Waals surface area contributed by atoms with Gasteiger partial charge in [0, 0.05) is 23.2 Å². The van der Waals surface area contributed by atoms with Crippen molar-refractivity contribution < 1.29 is 23.5 Å². The van der Waals surface area contributed by atoms with E-state index in [0.717, 1.165) is 12.0 Å². The maximum atomic E-state index is 12.7. The number of carbonyl (C=O) groups excluding carboxylic acids is 2. The first-order valence-corrected chi connectivity index (χ1v) is 9.10. The molecule has 148 valence electrons. The molecule has 0 aliphatic heterocycles. The van der Waals surface area contributed by atoms with E-state index in [2.05, 4.69) is 15.8 Å². The minimum Gasteiger partial charge on any atom is -0.497 e. The highest BCUT2D eigenvalue weighted by Gasteiger charge is 2.28. The van der Waals surface area contributed by atoms with E-state index in [9.17, 15) is 9.59 Å². The predicted octanol–water partition coefficient (Wildman–Crippen LogP) is 3.64. The first kappa shape index (κ1) is 19.5. The lowest BCUT2D eigenvalue weighted by Gasteiger charge is -2.13. The summed E-state index contributed by atoms with van der Waals surface area (Å²) in [5.74, 6) is 1.31. The van der Waals surface area contributed by atoms with Crippen LogP contribution in [0.1, 0.15) is 47.2 Å². The Labute approximate surface area is 162 Å². The molecule has 2 aromatic rings. The molecule has 0 fully saturated rings. The summed E-state index contributed by atoms with van der Waals surface area (Å²) in [6, 6.07) is 7.04. The van der Waals surface area contributed by atoms with E-state index < -0.39 is 6.09 Å². The largest absolute Gasteiger partial charge is 0.497 e. The maximum Gasteiger partial charge on any atom is 0.427 e. The molecule has 0 unspecified atom stereocenters. The summed E-state index contributed by atoms with van der Waals surface area (Å²) in [7, 11) is 1.58. The first-order chi connectivity index (χ1) is 13.5. The second-order valence-corrected chi connectivity index (χ2v) is 6.28. The van der Waals surface area contributed by atoms with Gasteiger partial charge in [-0.15, -0.1) is 0 Å². The number of ether oxygens (including phenoxy) is 2. The second kappa shape index (κ2) is 8.60. The smallest absolute Gasteiger partial charge is 0.427 e. The van der Waals surface area contributed by atoms with Crippen LogP contribution in [0.4, 0.5) is 10.5 Å². The van der Waals surface area contributed by atoms with Crippen molar-refractivity contribution in [1.82, 2.24) is 5.43 Å². The molecular weight excluding hydrogens is 362 g/mol. The number of rotatable bonds is 5. The van der Waals surface area contributed by atoms with Crippen molar-refractivity contribution in [3.8, 4) is 5.75 Å². The van der Waals surface area contributed by atoms with E-state index >= 15 is 0 Å². The molecular formula is C20H23N3O5. The van der Waals surface area contributed by atoms with Gasteiger partial charge in [-0.2, -0.15) is 5.10 Å². The number of furan rings is 1. The lowest BCUT2D eigenvalue weighted by molar-refractivity contribution is 0.0994. The summed E-state index contributed by atoms with van der Waals surface area (Å²) >= 11 is 0. The Morgan fingerprint density at radius 1 is 1.21 bits per heavy atom. The van der Waals surface area contributed by atoms with Gasteiger partial charge in [0.1, 0.15) is 11.5 Å². The number of amides is 2. The Bertz CT molecular complexity index is 899. The van der Waals surface area contributed by atoms with Gasteiger partial charge in [0.2, 0.25) is 0 Å². The first-order valence-electron chi connectivity index (χ1n) is 9.10. The van der Waals surface area contributed by atoms with Crippen LogP contribution in [0.25, 0.3) is 0 Å². The van der Waals surface area contributed by atoms with Gasteiger partial charge in [-0.25, -0.2) is 10.2 Å². The number of fused-ring (bicyclic) bond motifs is 1. The second-order valence-electron chi connectivity index (χ2n) is 6.28. The van der Waals surface area contributed by atoms with Gasteiger partial charge in [-0.1, -0.05) is 0 Å². The number of hydrogen-bond acceptors (Lipinski definition) is 6. The van der Waals surface area contributed by atoms with Crippen LogP contribution in [-0.4, -0.2) is 31.4 Å². The third-order valence-electron chi connectivity index (χ3n) is 4.44. The molecule has 0 saturated carbocycles. The van der Waals surface area contributed by atoms with Crippen molar-refractivity contribution in [3.63, 3.8) is 0 Å². The van der Waals surface area contributed by atoms with Crippen LogP contribution < -0.4 is 15.5 Å². The molecule has 0 atom stereocenters. The highest BCUT2D eigenvalue weighted by molar-refractivity contribution is 6.09. The molecule has 0 spiro atoms. The monoisotopic (exact) mass is 385 g/mol. The minimum absolute atomic E-state index is 0.242. The van der Waals surface area contributed by atoms with Gasteiger partial charge in [0.15, 0.2) is 5.76 Å². The molecule has 3 rings (SSSR count). The highest BCUT2D eigenvalue weighted by Crippen LogP contribution is 2.30. The van der Waals surface area contributed by atoms with Crippen molar-refractivity contribution in [2.75, 3.05) is 19.0 Å². The summed E-state index contributed by atoms with van der Waals surface area (Å²) in [5.41, 5.74) is 5.18. The van der Waals surface area contributed by atoms with E-state index in [1.807, 2.05) is 6.92 Å². The molecule has 1 aromatic heterocycles. The summed E-state index contributed by atoms with van der Waals surface area (Å²) < 4.78 is 15.8. The number of nitrogens with one attached hydrogen (secondary N) is 2. The van der Waals surface area contributed by atoms with Crippen molar-refractivity contribution >= 4 is 23.4 Å². The van der Waals surface area contributed by atoms with E-state index in [4.69, 9.17) is 13.9 Å². The maximum absolute atomic E-state index is 12.7. The molecule has 0 radical (unpaired) electrons. The molecule has 0 saturated heterocycles. The van der Waals surface area contributed by atoms with Gasteiger partial charge in [-0.3, -0.25) is 4.79 Å². The molecule has 0 bridgehead atoms. The van der Waals surface area contributed by atoms with E-state index in [-0.39, 0.29) is 18.3 Å². The Morgan fingerprint density at radius 3 is 2.64 bits per heavy atom. The van der Waals surface area contributed by atoms with Crippen LogP contribution in [0, 0.1) is 6.92 Å². The van der Waals surface area contributed by atoms with E-state index in [1.165, 1.54) is 0 Å². The zero-order valence-electron chi connectivity index (χ0n) is 16.1. The Balaban J connectivity index is 1.81. The van der Waals surface area contributed by atoms with Crippen LogP contribution in [-0.2, 0) is 11.2 Å². The molecule has 1 aliphatic carbocycles. The lowest BCUT2D eigenvalue weighted by Crippen LogP contribution is -2.22. The number of methoxy groups -OCH3 is 1. The molecule has 1 aliphatic rings. The fraction of sp³-hybridized carbons (Fsp3) is 0.350. The third-order valence-corrected chi connectivity index (χ3v) is 4.44. The number of nitrogens with zero attached hydrogens (tertiary/aromatic N) is 1. The zero-order chi connectivity index (χ0) is 20.1. The minimum atomic E-state index is -0.610. The average molecular weight is 385 g/mol. The van der Waals surface area contributed by atoms with Gasteiger partial charge in [0.05, 0.1) is 19.4 Å². The van der Waals surface area contributed by atoms with Crippen LogP contribution in [0.2, 0.25) is 0 Å². The van der Waals surface area contributed by atoms with Crippen LogP contribution >= 0.6 is 0 Å². The van der Waals surface area contributed by atoms with Crippen molar-refractivity contribution in [1.29, 1.82) is 0 Å². The number of benzene rings is 1. The lowest BCUT2D eigenvalue weighted by atomic mass is 9.93. The zero-order valence-corrected chi connectivity index (χ0v) is 16.1. The van der Waals surface area contributed by atoms with Gasteiger partial charge >= 0.3 is 6.09 Å². The number of aryl methyl sites for hydroxylation is 1. The molecule has 28 heavy (non-hydrogen) atoms. The summed E-state index contributed by atoms with van der Waals surface area (Å²) in [6.07, 6.45) is 1.60. The molecule has 8 nitrogen and oxygen atoms in total. The number of hydrazone groups is 1. The normalized spacial score (nSPS) is 14.3. The van der Waals surface area contributed by atoms with Gasteiger partial charge in [0.25, 0.3) is 5.91 Å². The Kier molecular flexibility index (Phi) is 5.98. The van der Waals surface area contributed by atoms with Crippen LogP contribution in [0.5, 0.6) is 5.75 Å². The number of hydrogen-bond donors (Lipinski definition) is 2. The summed E-state index contributed by atoms with van der Waals surface area (Å²) in [6.45, 7) is 3.80. The topological polar surface area (TPSA) is 102 Å². The highest BCUT2D eigenvalue weighted by atomic mass is 16.5. The molecule has 2 N–H and O–H groups in total. The number of carbonyl (C=O) groups is 2. The van der Waals surface area contributed by atoms with Crippen LogP contribution in [0.3, 0.4) is 0 Å². The number of anilines is 1. The molecule has 1 heterocycles. The van der Waals surface area contributed by atoms with Gasteiger partial charge in [-0.05, 0) is 51.0 Å². The molecule has 8 heteroatoms. The average Bonchev–Trinajstić information content (AvgIpc) is 3.04. The van der Waals surface area contributed by atoms with E-state index in [1.54, 1.807) is 38.3 Å². The Hall–Kier alpha value is -3.29. The van der Waals surface area contributed by atoms with Gasteiger partial charge < -0.3 is 19.2 Å². The predicted molar refractivity (Wildman–Crippen MR) is 104 cm³/mol. The summed E-state index contributed by atoms with van der Waals surface area (Å²) in [5, 5.41) is 6.99. The fourth-order valence-corrected chi connectivity index (χ4v) is 3.14. The molecule has 2 amide bonds. The fourth-order valence-electron chi connectivity index (χ4n) is 3.14. The molecule has 1 aromatic carbocycles. The standard InChI is InChI=1S/C20H23N3O5/c1-4-27-20(25)23-22-15-6-5-7-16-17(15)12(2)18(28-16)19(24)21-13-8-10-14(26-3)11-9-13/h8-11H,4-7H2,1-3H3,(H,21,24)(H,23,25)/b22-15+. The van der Waals surface area contributed by atoms with Crippen molar-refractivity contribution in [3.05, 3.63) is 46.9 Å². The van der Waals surface area contributed by atoms with E-state index in [0.29, 0.717) is 41.3 Å². The SMILES string of the molecule is CCOC(=O)N/N=C1\CCCc2oc(C(=O)Nc3ccc(OC)cc3)c(C)c21. The Morgan fingerprint density at radius 2 is 1.96 bits per heavy atom. The van der Waals surface area contributed by atoms with Crippen LogP contribution in [0.15, 0.2) is 33.8 Å². The van der Waals surface area contributed by atoms with Crippen molar-refractivity contribution in [2.45, 2.75) is 33.1 Å².